The van der Waals surface area contributed by atoms with Crippen molar-refractivity contribution in [3.63, 3.8) is 0 Å². The molecule has 120 valence electrons. The second kappa shape index (κ2) is 6.77. The molecule has 0 radical (unpaired) electrons. The van der Waals surface area contributed by atoms with Gasteiger partial charge in [-0.05, 0) is 45.0 Å². The first-order valence-electron chi connectivity index (χ1n) is 7.01. The molecule has 0 aliphatic heterocycles. The zero-order valence-electron chi connectivity index (χ0n) is 13.7. The van der Waals surface area contributed by atoms with E-state index < -0.39 is 15.6 Å². The Hall–Kier alpha value is -1.11. The molecule has 6 heteroatoms. The van der Waals surface area contributed by atoms with Gasteiger partial charge in [0.05, 0.1) is 7.11 Å². The highest BCUT2D eigenvalue weighted by Crippen LogP contribution is 2.31. The Morgan fingerprint density at radius 2 is 1.95 bits per heavy atom. The number of benzene rings is 1. The van der Waals surface area contributed by atoms with Crippen LogP contribution in [0, 0.1) is 0 Å². The molecule has 1 aromatic carbocycles. The summed E-state index contributed by atoms with van der Waals surface area (Å²) in [5.41, 5.74) is 0.447. The molecule has 0 saturated carbocycles. The van der Waals surface area contributed by atoms with Crippen molar-refractivity contribution in [2.45, 2.75) is 44.2 Å². The van der Waals surface area contributed by atoms with E-state index in [-0.39, 0.29) is 4.90 Å². The van der Waals surface area contributed by atoms with Crippen LogP contribution in [0.25, 0.3) is 0 Å². The summed E-state index contributed by atoms with van der Waals surface area (Å²) in [7, 11) is 1.31. The SMILES string of the molecule is CCC(C)(C)N(C)S(=O)(=O)c1cc(CNC)ccc1OC. The van der Waals surface area contributed by atoms with E-state index in [1.807, 2.05) is 33.9 Å². The summed E-state index contributed by atoms with van der Waals surface area (Å²) < 4.78 is 32.5. The van der Waals surface area contributed by atoms with Crippen molar-refractivity contribution in [3.8, 4) is 5.75 Å². The predicted molar refractivity (Wildman–Crippen MR) is 85.1 cm³/mol. The quantitative estimate of drug-likeness (QED) is 0.838. The number of nitrogens with one attached hydrogen (secondary N) is 1. The lowest BCUT2D eigenvalue weighted by atomic mass is 10.0. The maximum Gasteiger partial charge on any atom is 0.247 e. The monoisotopic (exact) mass is 314 g/mol. The molecule has 0 aliphatic carbocycles. The summed E-state index contributed by atoms with van der Waals surface area (Å²) in [6, 6.07) is 5.23. The lowest BCUT2D eigenvalue weighted by Gasteiger charge is -2.34. The van der Waals surface area contributed by atoms with Crippen molar-refractivity contribution in [1.29, 1.82) is 0 Å². The Morgan fingerprint density at radius 1 is 1.33 bits per heavy atom. The molecule has 0 amide bonds. The average Bonchev–Trinajstić information content (AvgIpc) is 2.46. The number of ether oxygens (including phenoxy) is 1. The van der Waals surface area contributed by atoms with E-state index in [0.717, 1.165) is 12.0 Å². The van der Waals surface area contributed by atoms with Gasteiger partial charge < -0.3 is 10.1 Å². The number of sulfonamides is 1. The molecule has 0 spiro atoms. The summed E-state index contributed by atoms with van der Waals surface area (Å²) in [5.74, 6) is 0.369. The zero-order valence-corrected chi connectivity index (χ0v) is 14.5. The van der Waals surface area contributed by atoms with Gasteiger partial charge in [0.15, 0.2) is 0 Å². The van der Waals surface area contributed by atoms with Gasteiger partial charge in [-0.15, -0.1) is 0 Å². The van der Waals surface area contributed by atoms with Crippen LogP contribution >= 0.6 is 0 Å². The van der Waals surface area contributed by atoms with Crippen molar-refractivity contribution < 1.29 is 13.2 Å². The summed E-state index contributed by atoms with van der Waals surface area (Å²) in [4.78, 5) is 0.210. The lowest BCUT2D eigenvalue weighted by Crippen LogP contribution is -2.44. The van der Waals surface area contributed by atoms with Crippen LogP contribution in [0.3, 0.4) is 0 Å². The van der Waals surface area contributed by atoms with Crippen molar-refractivity contribution >= 4 is 10.0 Å². The molecule has 0 atom stereocenters. The predicted octanol–water partition coefficient (Wildman–Crippen LogP) is 2.22. The molecule has 1 N–H and O–H groups in total. The van der Waals surface area contributed by atoms with E-state index in [2.05, 4.69) is 5.32 Å². The standard InChI is InChI=1S/C15H26N2O3S/c1-7-15(2,3)17(5)21(18,19)14-10-12(11-16-4)8-9-13(14)20-6/h8-10,16H,7,11H2,1-6H3. The van der Waals surface area contributed by atoms with Crippen LogP contribution < -0.4 is 10.1 Å². The van der Waals surface area contributed by atoms with Crippen molar-refractivity contribution in [2.24, 2.45) is 0 Å². The molecule has 1 rings (SSSR count). The van der Waals surface area contributed by atoms with Gasteiger partial charge in [-0.1, -0.05) is 13.0 Å². The molecule has 0 unspecified atom stereocenters. The van der Waals surface area contributed by atoms with Gasteiger partial charge in [0, 0.05) is 19.1 Å². The number of methoxy groups -OCH3 is 1. The third-order valence-electron chi connectivity index (χ3n) is 3.97. The number of nitrogens with zero attached hydrogens (tertiary/aromatic N) is 1. The van der Waals surface area contributed by atoms with Gasteiger partial charge in [-0.2, -0.15) is 4.31 Å². The Kier molecular flexibility index (Phi) is 5.78. The van der Waals surface area contributed by atoms with E-state index in [1.54, 1.807) is 19.2 Å². The Morgan fingerprint density at radius 3 is 2.43 bits per heavy atom. The van der Waals surface area contributed by atoms with Gasteiger partial charge in [0.25, 0.3) is 0 Å². The number of rotatable bonds is 7. The van der Waals surface area contributed by atoms with Crippen LogP contribution in [-0.2, 0) is 16.6 Å². The topological polar surface area (TPSA) is 58.6 Å². The molecule has 0 bridgehead atoms. The van der Waals surface area contributed by atoms with Crippen molar-refractivity contribution in [3.05, 3.63) is 23.8 Å². The van der Waals surface area contributed by atoms with E-state index in [9.17, 15) is 8.42 Å². The molecule has 5 nitrogen and oxygen atoms in total. The second-order valence-electron chi connectivity index (χ2n) is 5.65. The molecule has 1 aromatic rings. The lowest BCUT2D eigenvalue weighted by molar-refractivity contribution is 0.256. The second-order valence-corrected chi connectivity index (χ2v) is 7.59. The first-order chi connectivity index (χ1) is 9.70. The molecule has 0 aliphatic rings. The van der Waals surface area contributed by atoms with E-state index >= 15 is 0 Å². The smallest absolute Gasteiger partial charge is 0.247 e. The maximum absolute atomic E-state index is 12.9. The van der Waals surface area contributed by atoms with Gasteiger partial charge in [-0.25, -0.2) is 8.42 Å². The first-order valence-corrected chi connectivity index (χ1v) is 8.45. The summed E-state index contributed by atoms with van der Waals surface area (Å²) >= 11 is 0. The molecule has 0 saturated heterocycles. The first kappa shape index (κ1) is 17.9. The van der Waals surface area contributed by atoms with Crippen LogP contribution in [0.4, 0.5) is 0 Å². The summed E-state index contributed by atoms with van der Waals surface area (Å²) in [6.07, 6.45) is 0.723. The minimum atomic E-state index is -3.61. The normalized spacial score (nSPS) is 12.7. The van der Waals surface area contributed by atoms with Crippen LogP contribution in [0.5, 0.6) is 5.75 Å². The Balaban J connectivity index is 3.38. The molecule has 0 heterocycles. The zero-order chi connectivity index (χ0) is 16.3. The Bertz CT molecular complexity index is 583. The Labute approximate surface area is 128 Å². The highest BCUT2D eigenvalue weighted by molar-refractivity contribution is 7.89. The molecule has 21 heavy (non-hydrogen) atoms. The number of hydrogen-bond acceptors (Lipinski definition) is 4. The van der Waals surface area contributed by atoms with Gasteiger partial charge in [0.1, 0.15) is 10.6 Å². The van der Waals surface area contributed by atoms with E-state index in [4.69, 9.17) is 4.74 Å². The molecule has 0 aromatic heterocycles. The van der Waals surface area contributed by atoms with Gasteiger partial charge >= 0.3 is 0 Å². The minimum Gasteiger partial charge on any atom is -0.495 e. The molecular weight excluding hydrogens is 288 g/mol. The fourth-order valence-electron chi connectivity index (χ4n) is 1.93. The fraction of sp³-hybridized carbons (Fsp3) is 0.600. The minimum absolute atomic E-state index is 0.210. The third-order valence-corrected chi connectivity index (χ3v) is 6.06. The van der Waals surface area contributed by atoms with Gasteiger partial charge in [0.2, 0.25) is 10.0 Å². The van der Waals surface area contributed by atoms with Crippen molar-refractivity contribution in [1.82, 2.24) is 9.62 Å². The van der Waals surface area contributed by atoms with E-state index in [1.165, 1.54) is 11.4 Å². The summed E-state index contributed by atoms with van der Waals surface area (Å²) in [6.45, 7) is 6.40. The van der Waals surface area contributed by atoms with Crippen LogP contribution in [0.15, 0.2) is 23.1 Å². The fourth-order valence-corrected chi connectivity index (χ4v) is 3.71. The van der Waals surface area contributed by atoms with Crippen LogP contribution in [0.1, 0.15) is 32.8 Å². The third kappa shape index (κ3) is 3.75. The largest absolute Gasteiger partial charge is 0.495 e. The highest BCUT2D eigenvalue weighted by atomic mass is 32.2. The van der Waals surface area contributed by atoms with Crippen LogP contribution in [0.2, 0.25) is 0 Å². The maximum atomic E-state index is 12.9. The van der Waals surface area contributed by atoms with Crippen molar-refractivity contribution in [2.75, 3.05) is 21.2 Å². The van der Waals surface area contributed by atoms with Crippen LogP contribution in [-0.4, -0.2) is 39.5 Å². The highest BCUT2D eigenvalue weighted by Gasteiger charge is 2.34. The molecule has 0 fully saturated rings. The van der Waals surface area contributed by atoms with Gasteiger partial charge in [-0.3, -0.25) is 0 Å². The average molecular weight is 314 g/mol. The summed E-state index contributed by atoms with van der Waals surface area (Å²) in [5, 5.41) is 3.02. The van der Waals surface area contributed by atoms with E-state index in [0.29, 0.717) is 12.3 Å². The molecular formula is C15H26N2O3S. The number of hydrogen-bond donors (Lipinski definition) is 1.